The van der Waals surface area contributed by atoms with Gasteiger partial charge in [-0.05, 0) is 30.0 Å². The number of H-pyrrole nitrogens is 1. The Labute approximate surface area is 84.2 Å². The first-order chi connectivity index (χ1) is 6.18. The quantitative estimate of drug-likeness (QED) is 0.413. The van der Waals surface area contributed by atoms with Gasteiger partial charge in [-0.25, -0.2) is 5.48 Å². The van der Waals surface area contributed by atoms with Gasteiger partial charge in [-0.3, -0.25) is 9.89 Å². The number of hydroxylamine groups is 1. The van der Waals surface area contributed by atoms with E-state index in [1.807, 2.05) is 0 Å². The second kappa shape index (κ2) is 4.83. The molecule has 7 heteroatoms. The van der Waals surface area contributed by atoms with E-state index in [1.54, 1.807) is 12.3 Å². The third-order valence-electron chi connectivity index (χ3n) is 0.956. The molecule has 0 amide bonds. The zero-order chi connectivity index (χ0) is 9.68. The number of aromatic amines is 1. The van der Waals surface area contributed by atoms with Crippen LogP contribution in [0.15, 0.2) is 17.3 Å². The summed E-state index contributed by atoms with van der Waals surface area (Å²) in [7, 11) is 0. The molecule has 2 N–H and O–H groups in total. The number of thioether (sulfide) groups is 1. The highest BCUT2D eigenvalue weighted by molar-refractivity contribution is 8.22. The molecule has 1 rings (SSSR count). The first-order valence-electron chi connectivity index (χ1n) is 3.33. The number of nitrogens with zero attached hydrogens (tertiary/aromatic N) is 1. The number of thiocarbonyl (C=S) groups is 1. The Morgan fingerprint density at radius 1 is 1.85 bits per heavy atom. The van der Waals surface area contributed by atoms with Crippen LogP contribution in [0, 0.1) is 0 Å². The van der Waals surface area contributed by atoms with Crippen LogP contribution in [-0.2, 0) is 9.63 Å². The fourth-order valence-corrected chi connectivity index (χ4v) is 1.36. The zero-order valence-electron chi connectivity index (χ0n) is 6.73. The molecule has 1 aromatic rings. The monoisotopic (exact) mass is 217 g/mol. The topological polar surface area (TPSA) is 67.0 Å². The van der Waals surface area contributed by atoms with Crippen LogP contribution in [0.1, 0.15) is 6.92 Å². The van der Waals surface area contributed by atoms with Crippen molar-refractivity contribution in [3.05, 3.63) is 12.3 Å². The molecule has 0 radical (unpaired) electrons. The molecule has 70 valence electrons. The van der Waals surface area contributed by atoms with Crippen molar-refractivity contribution in [3.8, 4) is 0 Å². The fraction of sp³-hybridized carbons (Fsp3) is 0.167. The number of hydrogen-bond acceptors (Lipinski definition) is 5. The van der Waals surface area contributed by atoms with Crippen LogP contribution in [0.3, 0.4) is 0 Å². The van der Waals surface area contributed by atoms with Crippen LogP contribution in [0.4, 0.5) is 0 Å². The molecule has 0 aromatic carbocycles. The van der Waals surface area contributed by atoms with Crippen molar-refractivity contribution >= 4 is 34.3 Å². The standard InChI is InChI=1S/C6H7N3O2S2/c1-4(10)11-9-6(12)13-5-2-3-7-8-5/h2-3H,1H3,(H,7,8)(H,9,12). The van der Waals surface area contributed by atoms with Gasteiger partial charge in [0.15, 0.2) is 4.32 Å². The van der Waals surface area contributed by atoms with E-state index >= 15 is 0 Å². The van der Waals surface area contributed by atoms with Crippen LogP contribution < -0.4 is 5.48 Å². The first kappa shape index (κ1) is 10.0. The Hall–Kier alpha value is -1.08. The Kier molecular flexibility index (Phi) is 3.71. The van der Waals surface area contributed by atoms with Gasteiger partial charge in [-0.15, -0.1) is 0 Å². The van der Waals surface area contributed by atoms with Crippen LogP contribution in [0.2, 0.25) is 0 Å². The highest BCUT2D eigenvalue weighted by Crippen LogP contribution is 2.14. The summed E-state index contributed by atoms with van der Waals surface area (Å²) in [6.45, 7) is 1.29. The number of carbonyl (C=O) groups is 1. The lowest BCUT2D eigenvalue weighted by Gasteiger charge is -2.03. The number of rotatable bonds is 1. The summed E-state index contributed by atoms with van der Waals surface area (Å²) in [4.78, 5) is 14.8. The molecule has 0 aliphatic rings. The Morgan fingerprint density at radius 3 is 3.15 bits per heavy atom. The average Bonchev–Trinajstić information content (AvgIpc) is 2.53. The minimum atomic E-state index is -0.437. The van der Waals surface area contributed by atoms with E-state index in [0.717, 1.165) is 5.03 Å². The van der Waals surface area contributed by atoms with Crippen molar-refractivity contribution in [2.75, 3.05) is 0 Å². The smallest absolute Gasteiger partial charge is 0.329 e. The van der Waals surface area contributed by atoms with E-state index in [1.165, 1.54) is 18.7 Å². The minimum absolute atomic E-state index is 0.347. The van der Waals surface area contributed by atoms with Crippen molar-refractivity contribution in [2.45, 2.75) is 11.9 Å². The maximum Gasteiger partial charge on any atom is 0.329 e. The minimum Gasteiger partial charge on any atom is -0.342 e. The van der Waals surface area contributed by atoms with Gasteiger partial charge in [0.2, 0.25) is 0 Å². The molecule has 1 heterocycles. The van der Waals surface area contributed by atoms with E-state index < -0.39 is 5.97 Å². The molecule has 0 saturated carbocycles. The van der Waals surface area contributed by atoms with Gasteiger partial charge in [0.25, 0.3) is 0 Å². The summed E-state index contributed by atoms with van der Waals surface area (Å²) < 4.78 is 0.347. The lowest BCUT2D eigenvalue weighted by molar-refractivity contribution is -0.144. The summed E-state index contributed by atoms with van der Waals surface area (Å²) in [5, 5.41) is 7.21. The van der Waals surface area contributed by atoms with Gasteiger partial charge < -0.3 is 4.84 Å². The molecular weight excluding hydrogens is 210 g/mol. The van der Waals surface area contributed by atoms with Gasteiger partial charge in [0.05, 0.1) is 5.03 Å². The second-order valence-electron chi connectivity index (χ2n) is 2.01. The highest BCUT2D eigenvalue weighted by Gasteiger charge is 2.01. The normalized spacial score (nSPS) is 9.31. The Bertz CT molecular complexity index is 299. The summed E-state index contributed by atoms with van der Waals surface area (Å²) in [5.41, 5.74) is 2.32. The van der Waals surface area contributed by atoms with E-state index in [9.17, 15) is 4.79 Å². The Balaban J connectivity index is 2.30. The SMILES string of the molecule is CC(=O)ONC(=S)Sc1ccn[nH]1. The second-order valence-corrected chi connectivity index (χ2v) is 3.72. The number of carbonyl (C=O) groups excluding carboxylic acids is 1. The predicted octanol–water partition coefficient (Wildman–Crippen LogP) is 0.854. The van der Waals surface area contributed by atoms with Gasteiger partial charge in [-0.1, -0.05) is 0 Å². The lowest BCUT2D eigenvalue weighted by Crippen LogP contribution is -2.21. The van der Waals surface area contributed by atoms with E-state index in [4.69, 9.17) is 12.2 Å². The Morgan fingerprint density at radius 2 is 2.62 bits per heavy atom. The van der Waals surface area contributed by atoms with Crippen molar-refractivity contribution < 1.29 is 9.63 Å². The van der Waals surface area contributed by atoms with Crippen molar-refractivity contribution in [2.24, 2.45) is 0 Å². The molecule has 0 spiro atoms. The number of aromatic nitrogens is 2. The van der Waals surface area contributed by atoms with Crippen LogP contribution in [0.5, 0.6) is 0 Å². The summed E-state index contributed by atoms with van der Waals surface area (Å²) in [6.07, 6.45) is 1.61. The summed E-state index contributed by atoms with van der Waals surface area (Å²) >= 11 is 6.06. The molecule has 13 heavy (non-hydrogen) atoms. The lowest BCUT2D eigenvalue weighted by atomic mass is 10.8. The molecule has 5 nitrogen and oxygen atoms in total. The van der Waals surface area contributed by atoms with E-state index in [-0.39, 0.29) is 0 Å². The number of nitrogens with one attached hydrogen (secondary N) is 2. The van der Waals surface area contributed by atoms with Crippen molar-refractivity contribution in [1.82, 2.24) is 15.7 Å². The van der Waals surface area contributed by atoms with E-state index in [0.29, 0.717) is 4.32 Å². The molecule has 0 saturated heterocycles. The van der Waals surface area contributed by atoms with Gasteiger partial charge >= 0.3 is 5.97 Å². The predicted molar refractivity (Wildman–Crippen MR) is 51.9 cm³/mol. The van der Waals surface area contributed by atoms with Gasteiger partial charge in [-0.2, -0.15) is 5.10 Å². The largest absolute Gasteiger partial charge is 0.342 e. The highest BCUT2D eigenvalue weighted by atomic mass is 32.2. The third-order valence-corrected chi connectivity index (χ3v) is 2.01. The van der Waals surface area contributed by atoms with Crippen LogP contribution in [-0.4, -0.2) is 20.5 Å². The van der Waals surface area contributed by atoms with Crippen molar-refractivity contribution in [1.29, 1.82) is 0 Å². The molecule has 0 fully saturated rings. The van der Waals surface area contributed by atoms with Gasteiger partial charge in [0.1, 0.15) is 0 Å². The number of hydrogen-bond donors (Lipinski definition) is 2. The summed E-state index contributed by atoms with van der Waals surface area (Å²) in [5.74, 6) is -0.437. The van der Waals surface area contributed by atoms with Crippen LogP contribution >= 0.6 is 24.0 Å². The van der Waals surface area contributed by atoms with E-state index in [2.05, 4.69) is 20.5 Å². The fourth-order valence-electron chi connectivity index (χ4n) is 0.534. The zero-order valence-corrected chi connectivity index (χ0v) is 8.37. The molecule has 1 aromatic heterocycles. The molecule has 0 unspecified atom stereocenters. The average molecular weight is 217 g/mol. The van der Waals surface area contributed by atoms with Crippen molar-refractivity contribution in [3.63, 3.8) is 0 Å². The maximum atomic E-state index is 10.4. The van der Waals surface area contributed by atoms with Crippen LogP contribution in [0.25, 0.3) is 0 Å². The molecule has 0 aliphatic heterocycles. The maximum absolute atomic E-state index is 10.4. The first-order valence-corrected chi connectivity index (χ1v) is 4.55. The summed E-state index contributed by atoms with van der Waals surface area (Å²) in [6, 6.07) is 1.76. The third kappa shape index (κ3) is 3.90. The van der Waals surface area contributed by atoms with Gasteiger partial charge in [0, 0.05) is 13.1 Å². The molecule has 0 aliphatic carbocycles. The molecule has 0 bridgehead atoms. The molecule has 0 atom stereocenters. The molecular formula is C6H7N3O2S2.